The van der Waals surface area contributed by atoms with Crippen molar-refractivity contribution in [1.29, 1.82) is 0 Å². The summed E-state index contributed by atoms with van der Waals surface area (Å²) in [7, 11) is -3.23. The minimum Gasteiger partial charge on any atom is -0.356 e. The van der Waals surface area contributed by atoms with Crippen LogP contribution in [0.5, 0.6) is 0 Å². The topological polar surface area (TPSA) is 95.6 Å². The van der Waals surface area contributed by atoms with Gasteiger partial charge in [0, 0.05) is 24.8 Å². The second kappa shape index (κ2) is 9.32. The standard InChI is InChI=1S/C19H29N3O4S/c1-14-7-6-9-17(15(14)2)21-19(24)13-18(23)20-11-10-16-8-4-5-12-22(16)27(3,25)26/h6-7,9,16H,4-5,8,10-13H2,1-3H3,(H,20,23)(H,21,24). The maximum Gasteiger partial charge on any atom is 0.233 e. The summed E-state index contributed by atoms with van der Waals surface area (Å²) >= 11 is 0. The first-order valence-corrected chi connectivity index (χ1v) is 11.1. The lowest BCUT2D eigenvalue weighted by molar-refractivity contribution is -0.126. The van der Waals surface area contributed by atoms with Crippen molar-refractivity contribution >= 4 is 27.5 Å². The van der Waals surface area contributed by atoms with Crippen molar-refractivity contribution in [2.75, 3.05) is 24.7 Å². The fourth-order valence-electron chi connectivity index (χ4n) is 3.37. The van der Waals surface area contributed by atoms with E-state index in [-0.39, 0.29) is 24.3 Å². The Balaban J connectivity index is 1.78. The Bertz CT molecular complexity index is 792. The molecule has 1 heterocycles. The molecule has 1 aliphatic heterocycles. The van der Waals surface area contributed by atoms with E-state index in [1.54, 1.807) is 6.07 Å². The van der Waals surface area contributed by atoms with E-state index < -0.39 is 10.0 Å². The van der Waals surface area contributed by atoms with Crippen LogP contribution in [0.2, 0.25) is 0 Å². The first kappa shape index (κ1) is 21.4. The summed E-state index contributed by atoms with van der Waals surface area (Å²) in [6, 6.07) is 5.54. The third-order valence-corrected chi connectivity index (χ3v) is 6.33. The number of anilines is 1. The molecule has 8 heteroatoms. The second-order valence-corrected chi connectivity index (χ2v) is 9.07. The highest BCUT2D eigenvalue weighted by Gasteiger charge is 2.28. The number of hydrogen-bond donors (Lipinski definition) is 2. The van der Waals surface area contributed by atoms with E-state index in [1.165, 1.54) is 10.6 Å². The van der Waals surface area contributed by atoms with Crippen LogP contribution >= 0.6 is 0 Å². The first-order chi connectivity index (χ1) is 12.7. The molecule has 150 valence electrons. The number of carbonyl (C=O) groups is 2. The minimum absolute atomic E-state index is 0.0854. The van der Waals surface area contributed by atoms with E-state index in [1.807, 2.05) is 26.0 Å². The van der Waals surface area contributed by atoms with Crippen molar-refractivity contribution in [2.45, 2.75) is 52.0 Å². The summed E-state index contributed by atoms with van der Waals surface area (Å²) in [5, 5.41) is 5.48. The molecule has 0 aliphatic carbocycles. The Morgan fingerprint density at radius 3 is 2.63 bits per heavy atom. The highest BCUT2D eigenvalue weighted by Crippen LogP contribution is 2.22. The molecule has 0 bridgehead atoms. The van der Waals surface area contributed by atoms with Crippen LogP contribution in [0.1, 0.15) is 43.2 Å². The molecule has 1 saturated heterocycles. The highest BCUT2D eigenvalue weighted by molar-refractivity contribution is 7.88. The molecule has 0 radical (unpaired) electrons. The van der Waals surface area contributed by atoms with Crippen LogP contribution < -0.4 is 10.6 Å². The Morgan fingerprint density at radius 2 is 1.93 bits per heavy atom. The van der Waals surface area contributed by atoms with E-state index in [2.05, 4.69) is 10.6 Å². The van der Waals surface area contributed by atoms with Crippen molar-refractivity contribution < 1.29 is 18.0 Å². The molecule has 1 unspecified atom stereocenters. The molecule has 2 amide bonds. The summed E-state index contributed by atoms with van der Waals surface area (Å²) in [5.41, 5.74) is 2.75. The summed E-state index contributed by atoms with van der Waals surface area (Å²) in [4.78, 5) is 24.1. The van der Waals surface area contributed by atoms with Gasteiger partial charge in [-0.15, -0.1) is 0 Å². The quantitative estimate of drug-likeness (QED) is 0.690. The van der Waals surface area contributed by atoms with Crippen molar-refractivity contribution in [1.82, 2.24) is 9.62 Å². The van der Waals surface area contributed by atoms with Crippen molar-refractivity contribution in [2.24, 2.45) is 0 Å². The monoisotopic (exact) mass is 395 g/mol. The van der Waals surface area contributed by atoms with Crippen LogP contribution in [0.4, 0.5) is 5.69 Å². The molecule has 0 aromatic heterocycles. The average Bonchev–Trinajstić information content (AvgIpc) is 2.58. The SMILES string of the molecule is Cc1cccc(NC(=O)CC(=O)NCCC2CCCCN2S(C)(=O)=O)c1C. The summed E-state index contributed by atoms with van der Waals surface area (Å²) in [6.07, 6.45) is 4.18. The van der Waals surface area contributed by atoms with Crippen molar-refractivity contribution in [3.8, 4) is 0 Å². The van der Waals surface area contributed by atoms with Crippen molar-refractivity contribution in [3.05, 3.63) is 29.3 Å². The van der Waals surface area contributed by atoms with Gasteiger partial charge in [-0.25, -0.2) is 8.42 Å². The van der Waals surface area contributed by atoms with Gasteiger partial charge in [-0.05, 0) is 50.3 Å². The van der Waals surface area contributed by atoms with Gasteiger partial charge in [-0.3, -0.25) is 9.59 Å². The van der Waals surface area contributed by atoms with Gasteiger partial charge in [0.2, 0.25) is 21.8 Å². The van der Waals surface area contributed by atoms with E-state index in [9.17, 15) is 18.0 Å². The molecule has 7 nitrogen and oxygen atoms in total. The lowest BCUT2D eigenvalue weighted by Crippen LogP contribution is -2.44. The zero-order valence-electron chi connectivity index (χ0n) is 16.2. The van der Waals surface area contributed by atoms with Gasteiger partial charge in [0.05, 0.1) is 6.26 Å². The molecule has 0 spiro atoms. The van der Waals surface area contributed by atoms with Crippen LogP contribution in [-0.2, 0) is 19.6 Å². The molecule has 1 aromatic rings. The number of benzene rings is 1. The van der Waals surface area contributed by atoms with Gasteiger partial charge in [0.25, 0.3) is 0 Å². The van der Waals surface area contributed by atoms with Crippen LogP contribution in [0.3, 0.4) is 0 Å². The van der Waals surface area contributed by atoms with Crippen LogP contribution in [0.25, 0.3) is 0 Å². The maximum absolute atomic E-state index is 12.1. The van der Waals surface area contributed by atoms with E-state index in [4.69, 9.17) is 0 Å². The second-order valence-electron chi connectivity index (χ2n) is 7.13. The number of carbonyl (C=O) groups excluding carboxylic acids is 2. The molecule has 2 N–H and O–H groups in total. The fourth-order valence-corrected chi connectivity index (χ4v) is 4.58. The molecule has 1 atom stereocenters. The number of amides is 2. The number of piperidine rings is 1. The predicted octanol–water partition coefficient (Wildman–Crippen LogP) is 1.95. The third kappa shape index (κ3) is 6.32. The Hall–Kier alpha value is -1.93. The molecular formula is C19H29N3O4S. The van der Waals surface area contributed by atoms with E-state index in [0.717, 1.165) is 30.4 Å². The molecule has 0 saturated carbocycles. The Kier molecular flexibility index (Phi) is 7.38. The average molecular weight is 396 g/mol. The summed E-state index contributed by atoms with van der Waals surface area (Å²) < 4.78 is 25.2. The Morgan fingerprint density at radius 1 is 1.19 bits per heavy atom. The van der Waals surface area contributed by atoms with Gasteiger partial charge >= 0.3 is 0 Å². The maximum atomic E-state index is 12.1. The minimum atomic E-state index is -3.23. The zero-order valence-corrected chi connectivity index (χ0v) is 17.1. The number of hydrogen-bond acceptors (Lipinski definition) is 4. The highest BCUT2D eigenvalue weighted by atomic mass is 32.2. The van der Waals surface area contributed by atoms with Gasteiger partial charge < -0.3 is 10.6 Å². The summed E-state index contributed by atoms with van der Waals surface area (Å²) in [6.45, 7) is 4.77. The van der Waals surface area contributed by atoms with Crippen LogP contribution in [0.15, 0.2) is 18.2 Å². The van der Waals surface area contributed by atoms with Gasteiger partial charge in [-0.2, -0.15) is 4.31 Å². The van der Waals surface area contributed by atoms with Crippen molar-refractivity contribution in [3.63, 3.8) is 0 Å². The summed E-state index contributed by atoms with van der Waals surface area (Å²) in [5.74, 6) is -0.726. The number of rotatable bonds is 7. The molecule has 1 fully saturated rings. The third-order valence-electron chi connectivity index (χ3n) is 5.00. The number of nitrogens with zero attached hydrogens (tertiary/aromatic N) is 1. The zero-order chi connectivity index (χ0) is 20.0. The smallest absolute Gasteiger partial charge is 0.233 e. The predicted molar refractivity (Wildman–Crippen MR) is 106 cm³/mol. The number of nitrogens with one attached hydrogen (secondary N) is 2. The lowest BCUT2D eigenvalue weighted by atomic mass is 10.0. The molecular weight excluding hydrogens is 366 g/mol. The van der Waals surface area contributed by atoms with Gasteiger partial charge in [0.15, 0.2) is 0 Å². The fraction of sp³-hybridized carbons (Fsp3) is 0.579. The normalized spacial score (nSPS) is 18.1. The number of aryl methyl sites for hydroxylation is 1. The molecule has 27 heavy (non-hydrogen) atoms. The molecule has 1 aromatic carbocycles. The Labute approximate surface area is 161 Å². The lowest BCUT2D eigenvalue weighted by Gasteiger charge is -2.33. The largest absolute Gasteiger partial charge is 0.356 e. The van der Waals surface area contributed by atoms with Crippen LogP contribution in [0, 0.1) is 13.8 Å². The molecule has 2 rings (SSSR count). The van der Waals surface area contributed by atoms with Gasteiger partial charge in [-0.1, -0.05) is 18.6 Å². The van der Waals surface area contributed by atoms with E-state index in [0.29, 0.717) is 25.2 Å². The van der Waals surface area contributed by atoms with Gasteiger partial charge in [0.1, 0.15) is 6.42 Å². The number of sulfonamides is 1. The molecule has 1 aliphatic rings. The first-order valence-electron chi connectivity index (χ1n) is 9.28. The van der Waals surface area contributed by atoms with Crippen LogP contribution in [-0.4, -0.2) is 49.9 Å². The van der Waals surface area contributed by atoms with E-state index >= 15 is 0 Å².